The highest BCUT2D eigenvalue weighted by molar-refractivity contribution is 5.86. The topological polar surface area (TPSA) is 99.8 Å². The third-order valence-electron chi connectivity index (χ3n) is 3.38. The van der Waals surface area contributed by atoms with Crippen LogP contribution in [0.15, 0.2) is 4.99 Å². The number of piperidine rings is 1. The van der Waals surface area contributed by atoms with Crippen LogP contribution in [-0.4, -0.2) is 55.4 Å². The first kappa shape index (κ1) is 17.3. The summed E-state index contributed by atoms with van der Waals surface area (Å²) in [5, 5.41) is 5.89. The van der Waals surface area contributed by atoms with E-state index >= 15 is 0 Å². The first-order chi connectivity index (χ1) is 9.92. The monoisotopic (exact) mass is 297 g/mol. The molecular weight excluding hydrogens is 270 g/mol. The Morgan fingerprint density at radius 1 is 1.43 bits per heavy atom. The zero-order valence-electron chi connectivity index (χ0n) is 13.2. The van der Waals surface area contributed by atoms with E-state index in [1.165, 1.54) is 0 Å². The van der Waals surface area contributed by atoms with Gasteiger partial charge in [-0.15, -0.1) is 0 Å². The Morgan fingerprint density at radius 3 is 2.71 bits per heavy atom. The number of nitrogens with zero attached hydrogens (tertiary/aromatic N) is 2. The van der Waals surface area contributed by atoms with E-state index in [1.807, 2.05) is 13.8 Å². The summed E-state index contributed by atoms with van der Waals surface area (Å²) in [6, 6.07) is 0.122. The van der Waals surface area contributed by atoms with Crippen molar-refractivity contribution in [2.75, 3.05) is 26.7 Å². The van der Waals surface area contributed by atoms with E-state index in [0.717, 1.165) is 25.9 Å². The van der Waals surface area contributed by atoms with Crippen LogP contribution < -0.4 is 16.4 Å². The lowest BCUT2D eigenvalue weighted by Gasteiger charge is -2.34. The molecule has 0 aromatic rings. The van der Waals surface area contributed by atoms with Gasteiger partial charge in [0.25, 0.3) is 0 Å². The Bertz CT molecular complexity index is 395. The molecule has 4 N–H and O–H groups in total. The predicted molar refractivity (Wildman–Crippen MR) is 82.7 cm³/mol. The van der Waals surface area contributed by atoms with Gasteiger partial charge < -0.3 is 21.3 Å². The number of rotatable bonds is 5. The minimum Gasteiger partial charge on any atom is -0.370 e. The summed E-state index contributed by atoms with van der Waals surface area (Å²) in [4.78, 5) is 29.0. The van der Waals surface area contributed by atoms with Crippen molar-refractivity contribution in [1.29, 1.82) is 0 Å². The van der Waals surface area contributed by atoms with Crippen LogP contribution in [0.3, 0.4) is 0 Å². The quantitative estimate of drug-likeness (QED) is 0.478. The van der Waals surface area contributed by atoms with E-state index in [0.29, 0.717) is 12.4 Å². The lowest BCUT2D eigenvalue weighted by molar-refractivity contribution is -0.120. The van der Waals surface area contributed by atoms with Crippen molar-refractivity contribution in [3.05, 3.63) is 0 Å². The van der Waals surface area contributed by atoms with Crippen LogP contribution in [0.2, 0.25) is 0 Å². The molecule has 120 valence electrons. The molecule has 0 spiro atoms. The Kier molecular flexibility index (Phi) is 6.98. The van der Waals surface area contributed by atoms with E-state index < -0.39 is 0 Å². The van der Waals surface area contributed by atoms with Gasteiger partial charge in [-0.2, -0.15) is 0 Å². The minimum absolute atomic E-state index is 0.0585. The van der Waals surface area contributed by atoms with Gasteiger partial charge in [-0.3, -0.25) is 14.6 Å². The first-order valence-corrected chi connectivity index (χ1v) is 7.45. The van der Waals surface area contributed by atoms with Gasteiger partial charge >= 0.3 is 0 Å². The highest BCUT2D eigenvalue weighted by Crippen LogP contribution is 2.19. The van der Waals surface area contributed by atoms with Crippen molar-refractivity contribution < 1.29 is 9.59 Å². The molecule has 7 heteroatoms. The fourth-order valence-electron chi connectivity index (χ4n) is 2.57. The molecule has 0 saturated carbocycles. The zero-order chi connectivity index (χ0) is 15.8. The number of likely N-dealkylation sites (tertiary alicyclic amines) is 1. The van der Waals surface area contributed by atoms with E-state index in [-0.39, 0.29) is 30.3 Å². The molecule has 0 aromatic carbocycles. The highest BCUT2D eigenvalue weighted by atomic mass is 16.2. The molecule has 21 heavy (non-hydrogen) atoms. The lowest BCUT2D eigenvalue weighted by Crippen LogP contribution is -2.49. The van der Waals surface area contributed by atoms with Crippen molar-refractivity contribution in [2.24, 2.45) is 16.6 Å². The summed E-state index contributed by atoms with van der Waals surface area (Å²) in [5.41, 5.74) is 5.27. The molecule has 1 aliphatic heterocycles. The average molecular weight is 297 g/mol. The number of primary amides is 1. The summed E-state index contributed by atoms with van der Waals surface area (Å²) in [6.07, 6.45) is 2.41. The van der Waals surface area contributed by atoms with Gasteiger partial charge in [0.05, 0.1) is 6.54 Å². The number of carbonyl (C=O) groups excluding carboxylic acids is 2. The summed E-state index contributed by atoms with van der Waals surface area (Å²) in [7, 11) is 1.69. The van der Waals surface area contributed by atoms with Crippen molar-refractivity contribution in [2.45, 2.75) is 39.2 Å². The molecule has 0 aromatic heterocycles. The maximum atomic E-state index is 11.7. The third-order valence-corrected chi connectivity index (χ3v) is 3.38. The van der Waals surface area contributed by atoms with Crippen molar-refractivity contribution in [3.63, 3.8) is 0 Å². The Balaban J connectivity index is 2.48. The van der Waals surface area contributed by atoms with Crippen LogP contribution >= 0.6 is 0 Å². The van der Waals surface area contributed by atoms with Gasteiger partial charge in [0, 0.05) is 32.6 Å². The van der Waals surface area contributed by atoms with E-state index in [1.54, 1.807) is 7.05 Å². The van der Waals surface area contributed by atoms with Gasteiger partial charge in [0.2, 0.25) is 11.8 Å². The highest BCUT2D eigenvalue weighted by Gasteiger charge is 2.23. The van der Waals surface area contributed by atoms with Gasteiger partial charge in [0.1, 0.15) is 0 Å². The Hall–Kier alpha value is -1.79. The van der Waals surface area contributed by atoms with Crippen LogP contribution in [0.4, 0.5) is 0 Å². The SMILES string of the molecule is CN=C(NCC(=O)NC(C)C)N1CCCC(CC(N)=O)C1. The van der Waals surface area contributed by atoms with Crippen LogP contribution in [0, 0.1) is 5.92 Å². The summed E-state index contributed by atoms with van der Waals surface area (Å²) >= 11 is 0. The molecule has 1 saturated heterocycles. The van der Waals surface area contributed by atoms with Gasteiger partial charge in [-0.1, -0.05) is 0 Å². The van der Waals surface area contributed by atoms with Gasteiger partial charge in [-0.25, -0.2) is 0 Å². The lowest BCUT2D eigenvalue weighted by atomic mass is 9.95. The predicted octanol–water partition coefficient (Wildman–Crippen LogP) is -0.326. The van der Waals surface area contributed by atoms with Crippen LogP contribution in [0.1, 0.15) is 33.1 Å². The molecule has 7 nitrogen and oxygen atoms in total. The van der Waals surface area contributed by atoms with Crippen molar-refractivity contribution in [3.8, 4) is 0 Å². The molecule has 1 heterocycles. The molecule has 0 aliphatic carbocycles. The molecular formula is C14H27N5O2. The molecule has 1 rings (SSSR count). The Labute approximate surface area is 126 Å². The fraction of sp³-hybridized carbons (Fsp3) is 0.786. The second-order valence-electron chi connectivity index (χ2n) is 5.75. The van der Waals surface area contributed by atoms with Gasteiger partial charge in [0.15, 0.2) is 5.96 Å². The molecule has 1 atom stereocenters. The van der Waals surface area contributed by atoms with Crippen LogP contribution in [-0.2, 0) is 9.59 Å². The summed E-state index contributed by atoms with van der Waals surface area (Å²) in [6.45, 7) is 5.66. The number of nitrogens with two attached hydrogens (primary N) is 1. The second-order valence-corrected chi connectivity index (χ2v) is 5.75. The maximum absolute atomic E-state index is 11.7. The third kappa shape index (κ3) is 6.46. The van der Waals surface area contributed by atoms with Gasteiger partial charge in [-0.05, 0) is 32.6 Å². The molecule has 0 bridgehead atoms. The Morgan fingerprint density at radius 2 is 2.14 bits per heavy atom. The number of guanidine groups is 1. The number of aliphatic imine (C=N–C) groups is 1. The number of carbonyl (C=O) groups is 2. The van der Waals surface area contributed by atoms with E-state index in [9.17, 15) is 9.59 Å². The van der Waals surface area contributed by atoms with Crippen molar-refractivity contribution in [1.82, 2.24) is 15.5 Å². The molecule has 1 fully saturated rings. The average Bonchev–Trinajstić information content (AvgIpc) is 2.38. The molecule has 1 unspecified atom stereocenters. The largest absolute Gasteiger partial charge is 0.370 e. The summed E-state index contributed by atoms with van der Waals surface area (Å²) < 4.78 is 0. The molecule has 0 radical (unpaired) electrons. The number of hydrogen-bond acceptors (Lipinski definition) is 3. The number of hydrogen-bond donors (Lipinski definition) is 3. The van der Waals surface area contributed by atoms with E-state index in [4.69, 9.17) is 5.73 Å². The zero-order valence-corrected chi connectivity index (χ0v) is 13.2. The maximum Gasteiger partial charge on any atom is 0.239 e. The molecule has 2 amide bonds. The van der Waals surface area contributed by atoms with Crippen LogP contribution in [0.5, 0.6) is 0 Å². The van der Waals surface area contributed by atoms with Crippen LogP contribution in [0.25, 0.3) is 0 Å². The number of nitrogens with one attached hydrogen (secondary N) is 2. The molecule has 1 aliphatic rings. The second kappa shape index (κ2) is 8.49. The standard InChI is InChI=1S/C14H27N5O2/c1-10(2)18-13(21)8-17-14(16-3)19-6-4-5-11(9-19)7-12(15)20/h10-11H,4-9H2,1-3H3,(H2,15,20)(H,16,17)(H,18,21). The fourth-order valence-corrected chi connectivity index (χ4v) is 2.57. The number of amides is 2. The van der Waals surface area contributed by atoms with E-state index in [2.05, 4.69) is 20.5 Å². The first-order valence-electron chi connectivity index (χ1n) is 7.45. The normalized spacial score (nSPS) is 19.5. The smallest absolute Gasteiger partial charge is 0.239 e. The minimum atomic E-state index is -0.263. The summed E-state index contributed by atoms with van der Waals surface area (Å²) in [5.74, 6) is 0.639. The van der Waals surface area contributed by atoms with Crippen molar-refractivity contribution >= 4 is 17.8 Å².